The summed E-state index contributed by atoms with van der Waals surface area (Å²) in [7, 11) is -6.71. The van der Waals surface area contributed by atoms with Gasteiger partial charge in [-0.2, -0.15) is 0 Å². The number of hydrogen-bond donors (Lipinski definition) is 1. The highest BCUT2D eigenvalue weighted by Crippen LogP contribution is 2.41. The lowest BCUT2D eigenvalue weighted by Crippen LogP contribution is -2.42. The van der Waals surface area contributed by atoms with E-state index in [0.717, 1.165) is 11.1 Å². The molecule has 0 aliphatic carbocycles. The van der Waals surface area contributed by atoms with Gasteiger partial charge in [-0.25, -0.2) is 12.8 Å². The molecule has 278 valence electrons. The van der Waals surface area contributed by atoms with Crippen LogP contribution in [0.3, 0.4) is 0 Å². The maximum atomic E-state index is 14.7. The molecule has 0 aliphatic heterocycles. The number of para-hydroxylation sites is 1. The minimum absolute atomic E-state index is 0.0813. The summed E-state index contributed by atoms with van der Waals surface area (Å²) in [5, 5.41) is -1.68. The molecule has 2 atom stereocenters. The number of carbonyl (C=O) groups excluding carboxylic acids is 1. The fraction of sp³-hybridized carbons (Fsp3) is 0.279. The second-order valence-electron chi connectivity index (χ2n) is 14.6. The zero-order valence-corrected chi connectivity index (χ0v) is 32.7. The minimum atomic E-state index is -4.31. The monoisotopic (exact) mass is 753 g/mol. The number of halogens is 1. The molecule has 0 spiro atoms. The first-order chi connectivity index (χ1) is 25.2. The molecule has 0 aliphatic rings. The van der Waals surface area contributed by atoms with E-state index in [1.807, 2.05) is 60.7 Å². The minimum Gasteiger partial charge on any atom is -0.489 e. The van der Waals surface area contributed by atoms with Gasteiger partial charge in [-0.15, -0.1) is 0 Å². The van der Waals surface area contributed by atoms with Crippen molar-refractivity contribution in [3.63, 3.8) is 0 Å². The van der Waals surface area contributed by atoms with Gasteiger partial charge in [0.05, 0.1) is 11.7 Å². The van der Waals surface area contributed by atoms with Crippen LogP contribution >= 0.6 is 0 Å². The molecular weight excluding hydrogens is 706 g/mol. The normalized spacial score (nSPS) is 13.2. The summed E-state index contributed by atoms with van der Waals surface area (Å²) in [6, 6.07) is 38.6. The van der Waals surface area contributed by atoms with Gasteiger partial charge in [0.15, 0.2) is 14.1 Å². The summed E-state index contributed by atoms with van der Waals surface area (Å²) in [5.41, 5.74) is 3.00. The van der Waals surface area contributed by atoms with E-state index in [9.17, 15) is 17.6 Å². The molecule has 0 bridgehead atoms. The summed E-state index contributed by atoms with van der Waals surface area (Å²) >= 11 is 0. The van der Waals surface area contributed by atoms with Crippen LogP contribution in [0.1, 0.15) is 66.8 Å². The standard InChI is InChI=1S/C43H48FNO6SSi/c1-43(2,3)53(4,5)51-39(34-21-23-35(44)24-22-34)27-28-41(52(47,48)45-36-19-13-8-14-20-36)42(46)38-26-25-37(49-30-32-15-9-6-10-16-32)29-40(38)50-31-33-17-11-7-12-18-33/h6-26,29,39,41,45H,27-28,30-31H2,1-5H3/t39-,41?/m0/s1. The molecule has 5 aromatic rings. The van der Waals surface area contributed by atoms with Crippen LogP contribution in [0.4, 0.5) is 10.1 Å². The van der Waals surface area contributed by atoms with Crippen LogP contribution in [0.2, 0.25) is 18.1 Å². The van der Waals surface area contributed by atoms with Gasteiger partial charge in [-0.05, 0) is 84.1 Å². The Bertz CT molecular complexity index is 2040. The maximum Gasteiger partial charge on any atom is 0.243 e. The van der Waals surface area contributed by atoms with E-state index in [-0.39, 0.29) is 41.6 Å². The Hall–Kier alpha value is -4.77. The molecule has 5 rings (SSSR count). The van der Waals surface area contributed by atoms with E-state index >= 15 is 0 Å². The maximum absolute atomic E-state index is 14.7. The van der Waals surface area contributed by atoms with Crippen LogP contribution < -0.4 is 14.2 Å². The lowest BCUT2D eigenvalue weighted by Gasteiger charge is -2.39. The molecule has 0 fully saturated rings. The largest absolute Gasteiger partial charge is 0.489 e. The number of sulfonamides is 1. The van der Waals surface area contributed by atoms with Crippen LogP contribution in [-0.4, -0.2) is 27.8 Å². The predicted octanol–water partition coefficient (Wildman–Crippen LogP) is 10.5. The topological polar surface area (TPSA) is 90.9 Å². The van der Waals surface area contributed by atoms with Crippen LogP contribution in [0, 0.1) is 5.82 Å². The summed E-state index contributed by atoms with van der Waals surface area (Å²) in [6.07, 6.45) is -0.480. The van der Waals surface area contributed by atoms with Crippen LogP contribution in [0.5, 0.6) is 11.5 Å². The van der Waals surface area contributed by atoms with Gasteiger partial charge < -0.3 is 13.9 Å². The van der Waals surface area contributed by atoms with Crippen molar-refractivity contribution >= 4 is 29.8 Å². The van der Waals surface area contributed by atoms with Crippen LogP contribution in [-0.2, 0) is 27.7 Å². The Morgan fingerprint density at radius 3 is 1.85 bits per heavy atom. The second-order valence-corrected chi connectivity index (χ2v) is 21.2. The van der Waals surface area contributed by atoms with E-state index < -0.39 is 35.5 Å². The van der Waals surface area contributed by atoms with Crippen molar-refractivity contribution in [2.45, 2.75) is 76.3 Å². The highest BCUT2D eigenvalue weighted by atomic mass is 32.2. The highest BCUT2D eigenvalue weighted by molar-refractivity contribution is 7.94. The fourth-order valence-electron chi connectivity index (χ4n) is 5.54. The predicted molar refractivity (Wildman–Crippen MR) is 212 cm³/mol. The lowest BCUT2D eigenvalue weighted by molar-refractivity contribution is 0.0970. The molecule has 0 heterocycles. The van der Waals surface area contributed by atoms with Gasteiger partial charge >= 0.3 is 0 Å². The van der Waals surface area contributed by atoms with E-state index in [4.69, 9.17) is 13.9 Å². The molecule has 1 N–H and O–H groups in total. The zero-order chi connectivity index (χ0) is 38.1. The average molecular weight is 754 g/mol. The fourth-order valence-corrected chi connectivity index (χ4v) is 8.32. The molecule has 10 heteroatoms. The first-order valence-corrected chi connectivity index (χ1v) is 22.2. The number of carbonyl (C=O) groups is 1. The third kappa shape index (κ3) is 10.9. The van der Waals surface area contributed by atoms with Crippen molar-refractivity contribution in [2.24, 2.45) is 0 Å². The first-order valence-electron chi connectivity index (χ1n) is 17.7. The number of ether oxygens (including phenoxy) is 2. The van der Waals surface area contributed by atoms with E-state index in [1.165, 1.54) is 12.1 Å². The van der Waals surface area contributed by atoms with E-state index in [1.54, 1.807) is 60.7 Å². The Kier molecular flexibility index (Phi) is 12.9. The highest BCUT2D eigenvalue weighted by Gasteiger charge is 2.41. The Balaban J connectivity index is 1.51. The van der Waals surface area contributed by atoms with Gasteiger partial charge in [0.1, 0.15) is 35.8 Å². The number of nitrogens with one attached hydrogen (secondary N) is 1. The molecule has 5 aromatic carbocycles. The molecule has 53 heavy (non-hydrogen) atoms. The number of Topliss-reactive ketones (excluding diaryl/α,β-unsaturated/α-hetero) is 1. The summed E-state index contributed by atoms with van der Waals surface area (Å²) in [5.74, 6) is -0.343. The summed E-state index contributed by atoms with van der Waals surface area (Å²) in [6.45, 7) is 11.0. The smallest absolute Gasteiger partial charge is 0.243 e. The zero-order valence-electron chi connectivity index (χ0n) is 30.9. The Morgan fingerprint density at radius 2 is 1.28 bits per heavy atom. The average Bonchev–Trinajstić information content (AvgIpc) is 3.13. The van der Waals surface area contributed by atoms with Gasteiger partial charge in [0, 0.05) is 11.8 Å². The Morgan fingerprint density at radius 1 is 0.736 bits per heavy atom. The quantitative estimate of drug-likeness (QED) is 0.0751. The second kappa shape index (κ2) is 17.4. The number of ketones is 1. The number of anilines is 1. The van der Waals surface area contributed by atoms with Crippen molar-refractivity contribution in [3.05, 3.63) is 162 Å². The van der Waals surface area contributed by atoms with Gasteiger partial charge in [0.2, 0.25) is 10.0 Å². The van der Waals surface area contributed by atoms with Crippen LogP contribution in [0.25, 0.3) is 0 Å². The molecule has 7 nitrogen and oxygen atoms in total. The number of benzene rings is 5. The van der Waals surface area contributed by atoms with Crippen molar-refractivity contribution < 1.29 is 31.5 Å². The van der Waals surface area contributed by atoms with Crippen molar-refractivity contribution in [3.8, 4) is 11.5 Å². The van der Waals surface area contributed by atoms with Gasteiger partial charge in [-0.1, -0.05) is 112 Å². The van der Waals surface area contributed by atoms with E-state index in [0.29, 0.717) is 23.6 Å². The summed E-state index contributed by atoms with van der Waals surface area (Å²) < 4.78 is 64.4. The first kappa shape index (κ1) is 39.4. The van der Waals surface area contributed by atoms with Crippen molar-refractivity contribution in [2.75, 3.05) is 4.72 Å². The molecule has 0 amide bonds. The molecule has 0 saturated carbocycles. The van der Waals surface area contributed by atoms with Crippen LogP contribution in [0.15, 0.2) is 133 Å². The van der Waals surface area contributed by atoms with E-state index in [2.05, 4.69) is 38.6 Å². The SMILES string of the molecule is CC(C)(C)[Si](C)(C)O[C@@H](CCC(C(=O)c1ccc(OCc2ccccc2)cc1OCc1ccccc1)S(=O)(=O)Nc1ccccc1)c1ccc(F)cc1. The lowest BCUT2D eigenvalue weighted by atomic mass is 9.99. The molecule has 0 saturated heterocycles. The molecular formula is C43H48FNO6SSi. The molecule has 0 radical (unpaired) electrons. The summed E-state index contributed by atoms with van der Waals surface area (Å²) in [4.78, 5) is 14.7. The third-order valence-electron chi connectivity index (χ3n) is 9.58. The van der Waals surface area contributed by atoms with Crippen molar-refractivity contribution in [1.29, 1.82) is 0 Å². The van der Waals surface area contributed by atoms with Crippen molar-refractivity contribution in [1.82, 2.24) is 0 Å². The van der Waals surface area contributed by atoms with Gasteiger partial charge in [0.25, 0.3) is 0 Å². The number of hydrogen-bond acceptors (Lipinski definition) is 6. The number of rotatable bonds is 17. The third-order valence-corrected chi connectivity index (χ3v) is 15.8. The molecule has 0 aromatic heterocycles. The molecule has 1 unspecified atom stereocenters. The van der Waals surface area contributed by atoms with Gasteiger partial charge in [-0.3, -0.25) is 9.52 Å². The Labute approximate surface area is 314 Å².